The molecule has 1 N–H and O–H groups in total. The van der Waals surface area contributed by atoms with Gasteiger partial charge < -0.3 is 9.94 Å². The SMILES string of the molecule is CCCOC1(c2ccc(CCC)cc2)CCC(=NO)CC1. The van der Waals surface area contributed by atoms with E-state index in [2.05, 4.69) is 43.3 Å². The normalized spacial score (nSPS) is 22.3. The summed E-state index contributed by atoms with van der Waals surface area (Å²) < 4.78 is 6.26. The van der Waals surface area contributed by atoms with Gasteiger partial charge in [-0.15, -0.1) is 0 Å². The molecule has 1 aromatic carbocycles. The van der Waals surface area contributed by atoms with E-state index in [0.29, 0.717) is 0 Å². The van der Waals surface area contributed by atoms with E-state index in [-0.39, 0.29) is 5.60 Å². The molecule has 116 valence electrons. The van der Waals surface area contributed by atoms with E-state index >= 15 is 0 Å². The highest BCUT2D eigenvalue weighted by atomic mass is 16.5. The van der Waals surface area contributed by atoms with Crippen molar-refractivity contribution in [2.75, 3.05) is 6.61 Å². The summed E-state index contributed by atoms with van der Waals surface area (Å²) in [5.41, 5.74) is 3.36. The Balaban J connectivity index is 2.19. The lowest BCUT2D eigenvalue weighted by Gasteiger charge is -2.38. The molecule has 0 aromatic heterocycles. The number of ether oxygens (including phenoxy) is 1. The van der Waals surface area contributed by atoms with E-state index in [1.807, 2.05) is 0 Å². The maximum absolute atomic E-state index is 8.95. The standard InChI is InChI=1S/C18H27NO2/c1-3-5-15-6-8-16(9-7-15)18(21-14-4-2)12-10-17(19-20)11-13-18/h6-9,20H,3-5,10-14H2,1-2H3. The summed E-state index contributed by atoms with van der Waals surface area (Å²) in [5.74, 6) is 0. The van der Waals surface area contributed by atoms with Gasteiger partial charge in [0, 0.05) is 6.61 Å². The van der Waals surface area contributed by atoms with Crippen LogP contribution < -0.4 is 0 Å². The smallest absolute Gasteiger partial charge is 0.0938 e. The minimum absolute atomic E-state index is 0.199. The van der Waals surface area contributed by atoms with Crippen LogP contribution in [0.15, 0.2) is 29.4 Å². The lowest BCUT2D eigenvalue weighted by atomic mass is 9.78. The van der Waals surface area contributed by atoms with Crippen LogP contribution in [0.25, 0.3) is 0 Å². The van der Waals surface area contributed by atoms with Gasteiger partial charge in [0.25, 0.3) is 0 Å². The van der Waals surface area contributed by atoms with Crippen molar-refractivity contribution in [1.29, 1.82) is 0 Å². The summed E-state index contributed by atoms with van der Waals surface area (Å²) in [6.07, 6.45) is 6.76. The largest absolute Gasteiger partial charge is 0.411 e. The second kappa shape index (κ2) is 7.60. The number of rotatable bonds is 6. The van der Waals surface area contributed by atoms with Crippen molar-refractivity contribution in [2.45, 2.75) is 64.4 Å². The fourth-order valence-electron chi connectivity index (χ4n) is 3.12. The van der Waals surface area contributed by atoms with Crippen molar-refractivity contribution in [2.24, 2.45) is 5.16 Å². The van der Waals surface area contributed by atoms with E-state index in [1.54, 1.807) is 0 Å². The van der Waals surface area contributed by atoms with Crippen molar-refractivity contribution in [1.82, 2.24) is 0 Å². The number of hydrogen-bond donors (Lipinski definition) is 1. The van der Waals surface area contributed by atoms with E-state index in [0.717, 1.165) is 50.8 Å². The van der Waals surface area contributed by atoms with Gasteiger partial charge in [-0.3, -0.25) is 0 Å². The lowest BCUT2D eigenvalue weighted by Crippen LogP contribution is -2.35. The second-order valence-electron chi connectivity index (χ2n) is 5.96. The molecule has 1 fully saturated rings. The fraction of sp³-hybridized carbons (Fsp3) is 0.611. The highest BCUT2D eigenvalue weighted by Gasteiger charge is 2.36. The van der Waals surface area contributed by atoms with Gasteiger partial charge in [-0.25, -0.2) is 0 Å². The molecule has 1 aromatic rings. The number of hydrogen-bond acceptors (Lipinski definition) is 3. The van der Waals surface area contributed by atoms with E-state index < -0.39 is 0 Å². The number of nitrogens with zero attached hydrogens (tertiary/aromatic N) is 1. The minimum atomic E-state index is -0.199. The first-order valence-corrected chi connectivity index (χ1v) is 8.17. The third kappa shape index (κ3) is 3.85. The molecule has 0 atom stereocenters. The first kappa shape index (κ1) is 16.0. The molecule has 0 radical (unpaired) electrons. The molecule has 0 spiro atoms. The third-order valence-electron chi connectivity index (χ3n) is 4.38. The molecular formula is C18H27NO2. The maximum Gasteiger partial charge on any atom is 0.0938 e. The van der Waals surface area contributed by atoms with Gasteiger partial charge in [-0.2, -0.15) is 0 Å². The van der Waals surface area contributed by atoms with Crippen LogP contribution in [0.3, 0.4) is 0 Å². The molecule has 1 aliphatic carbocycles. The predicted molar refractivity (Wildman–Crippen MR) is 86.0 cm³/mol. The van der Waals surface area contributed by atoms with E-state index in [4.69, 9.17) is 9.94 Å². The topological polar surface area (TPSA) is 41.8 Å². The molecule has 1 saturated carbocycles. The molecular weight excluding hydrogens is 262 g/mol. The molecule has 0 aliphatic heterocycles. The van der Waals surface area contributed by atoms with Gasteiger partial charge in [-0.1, -0.05) is 49.7 Å². The highest BCUT2D eigenvalue weighted by molar-refractivity contribution is 5.84. The zero-order valence-corrected chi connectivity index (χ0v) is 13.3. The molecule has 3 heteroatoms. The molecule has 0 amide bonds. The second-order valence-corrected chi connectivity index (χ2v) is 5.96. The number of benzene rings is 1. The Morgan fingerprint density at radius 2 is 1.76 bits per heavy atom. The van der Waals surface area contributed by atoms with Gasteiger partial charge in [0.05, 0.1) is 11.3 Å². The van der Waals surface area contributed by atoms with Crippen molar-refractivity contribution in [3.8, 4) is 0 Å². The maximum atomic E-state index is 8.95. The average molecular weight is 289 g/mol. The molecule has 1 aliphatic rings. The number of aryl methyl sites for hydroxylation is 1. The number of oxime groups is 1. The molecule has 0 bridgehead atoms. The Labute approximate surface area is 128 Å². The summed E-state index contributed by atoms with van der Waals surface area (Å²) in [6.45, 7) is 5.13. The summed E-state index contributed by atoms with van der Waals surface area (Å²) in [4.78, 5) is 0. The Morgan fingerprint density at radius 1 is 1.10 bits per heavy atom. The summed E-state index contributed by atoms with van der Waals surface area (Å²) in [6, 6.07) is 8.90. The lowest BCUT2D eigenvalue weighted by molar-refractivity contribution is -0.0651. The van der Waals surface area contributed by atoms with Crippen LogP contribution in [0.1, 0.15) is 63.5 Å². The van der Waals surface area contributed by atoms with Crippen LogP contribution in [0.2, 0.25) is 0 Å². The van der Waals surface area contributed by atoms with Crippen molar-refractivity contribution in [3.63, 3.8) is 0 Å². The minimum Gasteiger partial charge on any atom is -0.411 e. The van der Waals surface area contributed by atoms with Gasteiger partial charge in [0.15, 0.2) is 0 Å². The molecule has 0 saturated heterocycles. The average Bonchev–Trinajstić information content (AvgIpc) is 2.54. The zero-order valence-electron chi connectivity index (χ0n) is 13.3. The summed E-state index contributed by atoms with van der Waals surface area (Å²) in [7, 11) is 0. The Hall–Kier alpha value is -1.35. The first-order valence-electron chi connectivity index (χ1n) is 8.17. The van der Waals surface area contributed by atoms with Crippen LogP contribution in [-0.4, -0.2) is 17.5 Å². The summed E-state index contributed by atoms with van der Waals surface area (Å²) in [5, 5.41) is 12.3. The van der Waals surface area contributed by atoms with Gasteiger partial charge in [0.2, 0.25) is 0 Å². The predicted octanol–water partition coefficient (Wildman–Crippen LogP) is 4.67. The molecule has 3 nitrogen and oxygen atoms in total. The summed E-state index contributed by atoms with van der Waals surface area (Å²) >= 11 is 0. The molecule has 0 unspecified atom stereocenters. The van der Waals surface area contributed by atoms with Crippen LogP contribution >= 0.6 is 0 Å². The zero-order chi connectivity index (χ0) is 15.1. The molecule has 2 rings (SSSR count). The Morgan fingerprint density at radius 3 is 2.29 bits per heavy atom. The van der Waals surface area contributed by atoms with Crippen LogP contribution in [0.4, 0.5) is 0 Å². The molecule has 21 heavy (non-hydrogen) atoms. The highest BCUT2D eigenvalue weighted by Crippen LogP contribution is 2.40. The van der Waals surface area contributed by atoms with Gasteiger partial charge in [0.1, 0.15) is 0 Å². The van der Waals surface area contributed by atoms with Crippen molar-refractivity contribution < 1.29 is 9.94 Å². The Bertz CT molecular complexity index is 455. The third-order valence-corrected chi connectivity index (χ3v) is 4.38. The first-order chi connectivity index (χ1) is 10.2. The van der Waals surface area contributed by atoms with Crippen molar-refractivity contribution >= 4 is 5.71 Å². The van der Waals surface area contributed by atoms with Gasteiger partial charge >= 0.3 is 0 Å². The van der Waals surface area contributed by atoms with Crippen LogP contribution in [-0.2, 0) is 16.8 Å². The molecule has 0 heterocycles. The van der Waals surface area contributed by atoms with Crippen LogP contribution in [0.5, 0.6) is 0 Å². The Kier molecular flexibility index (Phi) is 5.80. The quantitative estimate of drug-likeness (QED) is 0.611. The fourth-order valence-corrected chi connectivity index (χ4v) is 3.12. The van der Waals surface area contributed by atoms with E-state index in [9.17, 15) is 0 Å². The van der Waals surface area contributed by atoms with Crippen molar-refractivity contribution in [3.05, 3.63) is 35.4 Å². The van der Waals surface area contributed by atoms with E-state index in [1.165, 1.54) is 17.5 Å². The van der Waals surface area contributed by atoms with Crippen LogP contribution in [0, 0.1) is 0 Å². The van der Waals surface area contributed by atoms with Gasteiger partial charge in [-0.05, 0) is 49.7 Å². The monoisotopic (exact) mass is 289 g/mol.